The zero-order valence-corrected chi connectivity index (χ0v) is 12.6. The van der Waals surface area contributed by atoms with Gasteiger partial charge < -0.3 is 20.5 Å². The summed E-state index contributed by atoms with van der Waals surface area (Å²) in [6, 6.07) is 0.966. The minimum Gasteiger partial charge on any atom is -0.494 e. The van der Waals surface area contributed by atoms with Crippen LogP contribution in [0.5, 0.6) is 5.75 Å². The number of hydrogen-bond acceptors (Lipinski definition) is 3. The molecule has 0 atom stereocenters. The van der Waals surface area contributed by atoms with Crippen LogP contribution < -0.4 is 15.4 Å². The molecular formula is C15H18F2N2O4. The Labute approximate surface area is 131 Å². The lowest BCUT2D eigenvalue weighted by molar-refractivity contribution is -0.142. The molecule has 0 unspecified atom stereocenters. The predicted octanol–water partition coefficient (Wildman–Crippen LogP) is 2.74. The summed E-state index contributed by atoms with van der Waals surface area (Å²) in [4.78, 5) is 22.8. The van der Waals surface area contributed by atoms with Crippen molar-refractivity contribution in [3.63, 3.8) is 0 Å². The Morgan fingerprint density at radius 1 is 1.17 bits per heavy atom. The van der Waals surface area contributed by atoms with Crippen molar-refractivity contribution < 1.29 is 28.2 Å². The summed E-state index contributed by atoms with van der Waals surface area (Å²) in [7, 11) is 1.28. The van der Waals surface area contributed by atoms with E-state index in [0.717, 1.165) is 12.1 Å². The zero-order valence-electron chi connectivity index (χ0n) is 12.6. The van der Waals surface area contributed by atoms with Gasteiger partial charge in [0, 0.05) is 18.2 Å². The van der Waals surface area contributed by atoms with E-state index in [-0.39, 0.29) is 23.4 Å². The molecule has 1 aliphatic rings. The average molecular weight is 328 g/mol. The number of rotatable bonds is 4. The molecule has 1 fully saturated rings. The summed E-state index contributed by atoms with van der Waals surface area (Å²) in [6.07, 6.45) is 2.10. The van der Waals surface area contributed by atoms with Crippen molar-refractivity contribution in [3.8, 4) is 5.75 Å². The number of halogens is 2. The second-order valence-corrected chi connectivity index (χ2v) is 5.45. The van der Waals surface area contributed by atoms with Gasteiger partial charge in [0.15, 0.2) is 11.6 Å². The highest BCUT2D eigenvalue weighted by atomic mass is 19.2. The molecular weight excluding hydrogens is 310 g/mol. The van der Waals surface area contributed by atoms with Gasteiger partial charge in [-0.1, -0.05) is 0 Å². The molecule has 0 radical (unpaired) electrons. The third-order valence-electron chi connectivity index (χ3n) is 3.90. The Hall–Kier alpha value is -2.38. The highest BCUT2D eigenvalue weighted by Gasteiger charge is 2.26. The van der Waals surface area contributed by atoms with Crippen LogP contribution in [0.25, 0.3) is 0 Å². The van der Waals surface area contributed by atoms with Crippen LogP contribution >= 0.6 is 0 Å². The Bertz CT molecular complexity index is 601. The molecule has 6 nitrogen and oxygen atoms in total. The van der Waals surface area contributed by atoms with Crippen LogP contribution in [0.1, 0.15) is 25.7 Å². The normalized spacial score (nSPS) is 20.7. The number of carboxylic acid groups (broad SMARTS) is 1. The summed E-state index contributed by atoms with van der Waals surface area (Å²) >= 11 is 0. The van der Waals surface area contributed by atoms with Gasteiger partial charge in [-0.2, -0.15) is 0 Å². The van der Waals surface area contributed by atoms with Gasteiger partial charge in [-0.25, -0.2) is 13.6 Å². The number of amides is 2. The van der Waals surface area contributed by atoms with Crippen molar-refractivity contribution >= 4 is 17.7 Å². The molecule has 2 amide bonds. The van der Waals surface area contributed by atoms with Crippen molar-refractivity contribution in [3.05, 3.63) is 23.8 Å². The molecule has 0 aromatic heterocycles. The predicted molar refractivity (Wildman–Crippen MR) is 78.4 cm³/mol. The fourth-order valence-electron chi connectivity index (χ4n) is 2.62. The third-order valence-corrected chi connectivity index (χ3v) is 3.90. The van der Waals surface area contributed by atoms with Crippen LogP contribution in [0.3, 0.4) is 0 Å². The number of carboxylic acids is 1. The highest BCUT2D eigenvalue weighted by Crippen LogP contribution is 2.28. The van der Waals surface area contributed by atoms with Crippen molar-refractivity contribution in [1.82, 2.24) is 5.32 Å². The Kier molecular flexibility index (Phi) is 5.36. The first-order valence-electron chi connectivity index (χ1n) is 7.24. The maximum Gasteiger partial charge on any atom is 0.319 e. The van der Waals surface area contributed by atoms with Gasteiger partial charge in [-0.05, 0) is 25.7 Å². The average Bonchev–Trinajstić information content (AvgIpc) is 2.51. The maximum atomic E-state index is 13.3. The van der Waals surface area contributed by atoms with E-state index in [1.54, 1.807) is 0 Å². The smallest absolute Gasteiger partial charge is 0.319 e. The summed E-state index contributed by atoms with van der Waals surface area (Å²) in [5, 5.41) is 14.0. The lowest BCUT2D eigenvalue weighted by Gasteiger charge is -2.27. The van der Waals surface area contributed by atoms with Gasteiger partial charge in [0.1, 0.15) is 5.75 Å². The molecule has 0 aliphatic heterocycles. The molecule has 1 aromatic rings. The van der Waals surface area contributed by atoms with Gasteiger partial charge in [-0.3, -0.25) is 4.79 Å². The number of carbonyl (C=O) groups excluding carboxylic acids is 1. The number of benzene rings is 1. The summed E-state index contributed by atoms with van der Waals surface area (Å²) < 4.78 is 31.3. The lowest BCUT2D eigenvalue weighted by Crippen LogP contribution is -2.41. The molecule has 23 heavy (non-hydrogen) atoms. The monoisotopic (exact) mass is 328 g/mol. The standard InChI is InChI=1S/C15H18F2N2O4/c1-23-13-7-11(17)10(16)6-12(13)19-15(22)18-9-4-2-8(3-5-9)14(20)21/h6-9H,2-5H2,1H3,(H,20,21)(H2,18,19,22). The van der Waals surface area contributed by atoms with Crippen LogP contribution in [0.15, 0.2) is 12.1 Å². The largest absolute Gasteiger partial charge is 0.494 e. The van der Waals surface area contributed by atoms with Crippen molar-refractivity contribution in [2.24, 2.45) is 5.92 Å². The second kappa shape index (κ2) is 7.26. The second-order valence-electron chi connectivity index (χ2n) is 5.45. The summed E-state index contributed by atoms with van der Waals surface area (Å²) in [5.41, 5.74) is 0.0168. The van der Waals surface area contributed by atoms with Crippen LogP contribution in [-0.4, -0.2) is 30.3 Å². The minimum atomic E-state index is -1.09. The molecule has 2 rings (SSSR count). The molecule has 0 heterocycles. The van der Waals surface area contributed by atoms with Gasteiger partial charge in [0.2, 0.25) is 0 Å². The lowest BCUT2D eigenvalue weighted by atomic mass is 9.86. The summed E-state index contributed by atoms with van der Waals surface area (Å²) in [6.45, 7) is 0. The van der Waals surface area contributed by atoms with E-state index >= 15 is 0 Å². The van der Waals surface area contributed by atoms with E-state index in [4.69, 9.17) is 9.84 Å². The van der Waals surface area contributed by atoms with E-state index < -0.39 is 23.6 Å². The summed E-state index contributed by atoms with van der Waals surface area (Å²) in [5.74, 6) is -3.35. The number of hydrogen-bond donors (Lipinski definition) is 3. The zero-order chi connectivity index (χ0) is 17.0. The molecule has 0 bridgehead atoms. The highest BCUT2D eigenvalue weighted by molar-refractivity contribution is 5.91. The van der Waals surface area contributed by atoms with Gasteiger partial charge in [0.05, 0.1) is 18.7 Å². The van der Waals surface area contributed by atoms with Crippen molar-refractivity contribution in [2.45, 2.75) is 31.7 Å². The number of methoxy groups -OCH3 is 1. The van der Waals surface area contributed by atoms with E-state index in [1.807, 2.05) is 0 Å². The number of urea groups is 1. The number of aliphatic carboxylic acids is 1. The fourth-order valence-corrected chi connectivity index (χ4v) is 2.62. The Balaban J connectivity index is 1.93. The van der Waals surface area contributed by atoms with Crippen molar-refractivity contribution in [1.29, 1.82) is 0 Å². The van der Waals surface area contributed by atoms with E-state index in [9.17, 15) is 18.4 Å². The number of anilines is 1. The first-order chi connectivity index (χ1) is 10.9. The molecule has 1 aliphatic carbocycles. The number of nitrogens with one attached hydrogen (secondary N) is 2. The Morgan fingerprint density at radius 3 is 2.35 bits per heavy atom. The molecule has 1 aromatic carbocycles. The van der Waals surface area contributed by atoms with Gasteiger partial charge in [0.25, 0.3) is 0 Å². The Morgan fingerprint density at radius 2 is 1.78 bits per heavy atom. The molecule has 1 saturated carbocycles. The molecule has 126 valence electrons. The molecule has 0 spiro atoms. The van der Waals surface area contributed by atoms with Crippen LogP contribution in [0, 0.1) is 17.6 Å². The molecule has 8 heteroatoms. The van der Waals surface area contributed by atoms with Crippen LogP contribution in [-0.2, 0) is 4.79 Å². The third kappa shape index (κ3) is 4.30. The number of carbonyl (C=O) groups is 2. The first kappa shape index (κ1) is 17.0. The molecule has 0 saturated heterocycles. The SMILES string of the molecule is COc1cc(F)c(F)cc1NC(=O)NC1CCC(C(=O)O)CC1. The van der Waals surface area contributed by atoms with Crippen LogP contribution in [0.4, 0.5) is 19.3 Å². The quantitative estimate of drug-likeness (QED) is 0.793. The topological polar surface area (TPSA) is 87.7 Å². The minimum absolute atomic E-state index is 0.00800. The van der Waals surface area contributed by atoms with E-state index in [0.29, 0.717) is 25.7 Å². The van der Waals surface area contributed by atoms with Gasteiger partial charge in [-0.15, -0.1) is 0 Å². The fraction of sp³-hybridized carbons (Fsp3) is 0.467. The van der Waals surface area contributed by atoms with Gasteiger partial charge >= 0.3 is 12.0 Å². The molecule has 3 N–H and O–H groups in total. The maximum absolute atomic E-state index is 13.3. The number of ether oxygens (including phenoxy) is 1. The van der Waals surface area contributed by atoms with Crippen molar-refractivity contribution in [2.75, 3.05) is 12.4 Å². The van der Waals surface area contributed by atoms with Crippen LogP contribution in [0.2, 0.25) is 0 Å². The van der Waals surface area contributed by atoms with E-state index in [1.165, 1.54) is 7.11 Å². The van der Waals surface area contributed by atoms with E-state index in [2.05, 4.69) is 10.6 Å². The first-order valence-corrected chi connectivity index (χ1v) is 7.24.